The minimum absolute atomic E-state index is 0.0634. The Morgan fingerprint density at radius 1 is 0.804 bits per heavy atom. The highest BCUT2D eigenvalue weighted by Crippen LogP contribution is 2.40. The number of amides is 1. The summed E-state index contributed by atoms with van der Waals surface area (Å²) in [6, 6.07) is 6.32. The van der Waals surface area contributed by atoms with E-state index in [1.807, 2.05) is 0 Å². The van der Waals surface area contributed by atoms with E-state index in [-0.39, 0.29) is 73.3 Å². The molecule has 0 aliphatic heterocycles. The molecular formula is C29H44ClF3NO11P. The molecule has 9 N–H and O–H groups in total. The summed E-state index contributed by atoms with van der Waals surface area (Å²) in [7, 11) is -4.96. The number of halogens is 4. The smallest absolute Gasteiger partial charge is 0.403 e. The number of hydrogen-bond donors (Lipinski definition) is 9. The van der Waals surface area contributed by atoms with Crippen molar-refractivity contribution in [3.05, 3.63) is 58.1 Å². The number of benzene rings is 2. The van der Waals surface area contributed by atoms with Gasteiger partial charge in [0.05, 0.1) is 11.1 Å². The van der Waals surface area contributed by atoms with Gasteiger partial charge in [-0.05, 0) is 99.2 Å². The van der Waals surface area contributed by atoms with Crippen LogP contribution >= 0.6 is 19.4 Å². The number of phosphoric acid groups is 1. The molecule has 2 aromatic carbocycles. The van der Waals surface area contributed by atoms with E-state index in [1.54, 1.807) is 0 Å². The predicted octanol–water partition coefficient (Wildman–Crippen LogP) is 3.89. The van der Waals surface area contributed by atoms with Crippen molar-refractivity contribution in [2.24, 2.45) is 11.8 Å². The Bertz CT molecular complexity index is 1150. The average molecular weight is 706 g/mol. The molecule has 1 amide bonds. The molecule has 0 fully saturated rings. The summed E-state index contributed by atoms with van der Waals surface area (Å²) in [6.45, 7) is 2.28. The third kappa shape index (κ3) is 19.4. The first-order valence-corrected chi connectivity index (χ1v) is 16.2. The summed E-state index contributed by atoms with van der Waals surface area (Å²) in [5, 5.41) is 53.5. The quantitative estimate of drug-likeness (QED) is 0.114. The maximum Gasteiger partial charge on any atom is 0.524 e. The summed E-state index contributed by atoms with van der Waals surface area (Å²) in [4.78, 5) is 30.2. The SMILES string of the molecule is Cc1cc(NC(=O)c2cc(Cl)ccc2OP(=O)(O)O)cc(C(F)(F)F)c1.OCCC(CCO)CCO.OCCC(CCO)CCO. The second-order valence-electron chi connectivity index (χ2n) is 10.1. The second kappa shape index (κ2) is 23.1. The van der Waals surface area contributed by atoms with Gasteiger partial charge < -0.3 is 40.5 Å². The lowest BCUT2D eigenvalue weighted by Crippen LogP contribution is -2.15. The molecule has 0 heterocycles. The lowest BCUT2D eigenvalue weighted by Gasteiger charge is -2.14. The molecular weight excluding hydrogens is 662 g/mol. The molecule has 0 saturated heterocycles. The Balaban J connectivity index is 0.000000832. The van der Waals surface area contributed by atoms with Crippen LogP contribution in [0.5, 0.6) is 5.75 Å². The van der Waals surface area contributed by atoms with Crippen molar-refractivity contribution in [3.8, 4) is 5.75 Å². The molecule has 0 unspecified atom stereocenters. The van der Waals surface area contributed by atoms with Gasteiger partial charge in [-0.15, -0.1) is 0 Å². The fraction of sp³-hybridized carbons (Fsp3) is 0.552. The Kier molecular flexibility index (Phi) is 21.9. The molecule has 46 heavy (non-hydrogen) atoms. The van der Waals surface area contributed by atoms with Crippen LogP contribution in [0.25, 0.3) is 0 Å². The highest BCUT2D eigenvalue weighted by molar-refractivity contribution is 7.46. The monoisotopic (exact) mass is 705 g/mol. The number of nitrogens with one attached hydrogen (secondary N) is 1. The first-order chi connectivity index (χ1) is 21.5. The molecule has 0 aromatic heterocycles. The number of aryl methyl sites for hydroxylation is 1. The zero-order valence-electron chi connectivity index (χ0n) is 25.4. The molecule has 0 aliphatic rings. The van der Waals surface area contributed by atoms with Crippen molar-refractivity contribution in [2.75, 3.05) is 45.0 Å². The lowest BCUT2D eigenvalue weighted by atomic mass is 9.99. The zero-order chi connectivity index (χ0) is 35.3. The van der Waals surface area contributed by atoms with Crippen LogP contribution in [0.3, 0.4) is 0 Å². The largest absolute Gasteiger partial charge is 0.524 e. The van der Waals surface area contributed by atoms with Gasteiger partial charge in [-0.1, -0.05) is 11.6 Å². The fourth-order valence-corrected chi connectivity index (χ4v) is 4.65. The number of aliphatic hydroxyl groups excluding tert-OH is 6. The summed E-state index contributed by atoms with van der Waals surface area (Å²) >= 11 is 5.77. The van der Waals surface area contributed by atoms with Gasteiger partial charge in [-0.2, -0.15) is 13.2 Å². The minimum Gasteiger partial charge on any atom is -0.403 e. The molecule has 12 nitrogen and oxygen atoms in total. The van der Waals surface area contributed by atoms with Crippen molar-refractivity contribution in [1.29, 1.82) is 0 Å². The Morgan fingerprint density at radius 2 is 1.24 bits per heavy atom. The van der Waals surface area contributed by atoms with Crippen LogP contribution in [0.1, 0.15) is 60.0 Å². The van der Waals surface area contributed by atoms with E-state index >= 15 is 0 Å². The number of aliphatic hydroxyl groups is 6. The normalized spacial score (nSPS) is 11.5. The average Bonchev–Trinajstić information content (AvgIpc) is 2.94. The number of carbonyl (C=O) groups is 1. The van der Waals surface area contributed by atoms with Crippen LogP contribution < -0.4 is 9.84 Å². The van der Waals surface area contributed by atoms with E-state index in [2.05, 4.69) is 9.84 Å². The minimum atomic E-state index is -4.96. The highest BCUT2D eigenvalue weighted by Gasteiger charge is 2.31. The summed E-state index contributed by atoms with van der Waals surface area (Å²) in [5.74, 6) is -0.862. The molecule has 0 aliphatic carbocycles. The van der Waals surface area contributed by atoms with Gasteiger partial charge in [0.1, 0.15) is 5.75 Å². The van der Waals surface area contributed by atoms with Crippen molar-refractivity contribution in [1.82, 2.24) is 0 Å². The first-order valence-electron chi connectivity index (χ1n) is 14.2. The Morgan fingerprint density at radius 3 is 1.61 bits per heavy atom. The van der Waals surface area contributed by atoms with Gasteiger partial charge in [0, 0.05) is 50.4 Å². The van der Waals surface area contributed by atoms with E-state index in [1.165, 1.54) is 19.1 Å². The molecule has 2 aromatic rings. The van der Waals surface area contributed by atoms with Crippen LogP contribution in [0.4, 0.5) is 18.9 Å². The number of anilines is 1. The fourth-order valence-electron chi connectivity index (χ4n) is 4.07. The maximum absolute atomic E-state index is 12.9. The van der Waals surface area contributed by atoms with Crippen molar-refractivity contribution >= 4 is 31.0 Å². The number of rotatable bonds is 16. The van der Waals surface area contributed by atoms with Gasteiger partial charge in [-0.3, -0.25) is 14.6 Å². The third-order valence-corrected chi connectivity index (χ3v) is 6.96. The van der Waals surface area contributed by atoms with Crippen LogP contribution in [0.15, 0.2) is 36.4 Å². The summed E-state index contributed by atoms with van der Waals surface area (Å²) in [6.07, 6.45) is -0.511. The highest BCUT2D eigenvalue weighted by atomic mass is 35.5. The van der Waals surface area contributed by atoms with Crippen molar-refractivity contribution in [2.45, 2.75) is 51.6 Å². The van der Waals surface area contributed by atoms with E-state index in [9.17, 15) is 22.5 Å². The number of alkyl halides is 3. The van der Waals surface area contributed by atoms with Crippen molar-refractivity contribution < 1.29 is 67.5 Å². The molecule has 0 spiro atoms. The zero-order valence-corrected chi connectivity index (χ0v) is 27.0. The topological polar surface area (TPSA) is 217 Å². The number of hydrogen-bond acceptors (Lipinski definition) is 9. The summed E-state index contributed by atoms with van der Waals surface area (Å²) in [5.41, 5.74) is -1.20. The predicted molar refractivity (Wildman–Crippen MR) is 165 cm³/mol. The number of carbonyl (C=O) groups excluding carboxylic acids is 1. The molecule has 264 valence electrons. The van der Waals surface area contributed by atoms with E-state index in [4.69, 9.17) is 52.0 Å². The van der Waals surface area contributed by atoms with Gasteiger partial charge in [0.15, 0.2) is 0 Å². The maximum atomic E-state index is 12.9. The van der Waals surface area contributed by atoms with Gasteiger partial charge in [-0.25, -0.2) is 4.57 Å². The lowest BCUT2D eigenvalue weighted by molar-refractivity contribution is -0.137. The summed E-state index contributed by atoms with van der Waals surface area (Å²) < 4.78 is 54.0. The van der Waals surface area contributed by atoms with Crippen molar-refractivity contribution in [3.63, 3.8) is 0 Å². The third-order valence-electron chi connectivity index (χ3n) is 6.29. The van der Waals surface area contributed by atoms with E-state index < -0.39 is 31.2 Å². The van der Waals surface area contributed by atoms with Gasteiger partial charge in [0.25, 0.3) is 5.91 Å². The molecule has 0 radical (unpaired) electrons. The van der Waals surface area contributed by atoms with Crippen LogP contribution in [0, 0.1) is 18.8 Å². The van der Waals surface area contributed by atoms with Gasteiger partial charge in [0.2, 0.25) is 0 Å². The van der Waals surface area contributed by atoms with Crippen LogP contribution in [-0.2, 0) is 10.7 Å². The Labute approximate surface area is 270 Å². The van der Waals surface area contributed by atoms with E-state index in [0.29, 0.717) is 38.5 Å². The first kappa shape index (κ1) is 43.7. The van der Waals surface area contributed by atoms with Gasteiger partial charge >= 0.3 is 14.0 Å². The van der Waals surface area contributed by atoms with Crippen LogP contribution in [-0.4, -0.2) is 86.0 Å². The molecule has 0 bridgehead atoms. The second-order valence-corrected chi connectivity index (χ2v) is 11.7. The molecule has 0 atom stereocenters. The Hall–Kier alpha value is -2.30. The van der Waals surface area contributed by atoms with E-state index in [0.717, 1.165) is 24.3 Å². The number of phosphoric ester groups is 1. The standard InChI is InChI=1S/C15H12ClF3NO5P.2C7H16O3/c1-8-4-9(15(17,18)19)6-11(5-8)20-14(21)12-7-10(16)2-3-13(12)25-26(22,23)24;2*8-4-1-7(2-5-9)3-6-10/h2-7H,1H3,(H,20,21)(H2,22,23,24);2*7-10H,1-6H2. The molecule has 2 rings (SSSR count). The molecule has 17 heteroatoms. The van der Waals surface area contributed by atoms with Crippen LogP contribution in [0.2, 0.25) is 5.02 Å². The molecule has 0 saturated carbocycles.